The molecule has 0 N–H and O–H groups in total. The van der Waals surface area contributed by atoms with E-state index in [1.807, 2.05) is 0 Å². The van der Waals surface area contributed by atoms with Crippen LogP contribution in [0.5, 0.6) is 0 Å². The van der Waals surface area contributed by atoms with Gasteiger partial charge in [-0.15, -0.1) is 0 Å². The summed E-state index contributed by atoms with van der Waals surface area (Å²) >= 11 is 3.94. The van der Waals surface area contributed by atoms with Crippen LogP contribution >= 0.6 is 4.43 Å². The fourth-order valence-electron chi connectivity index (χ4n) is 3.37. The summed E-state index contributed by atoms with van der Waals surface area (Å²) in [6, 6.07) is 4.89. The van der Waals surface area contributed by atoms with E-state index in [1.54, 1.807) is 7.11 Å². The molecule has 1 aromatic rings. The van der Waals surface area contributed by atoms with Crippen molar-refractivity contribution in [2.75, 3.05) is 20.3 Å². The van der Waals surface area contributed by atoms with Gasteiger partial charge >= 0.3 is 168 Å². The first-order valence-electron chi connectivity index (χ1n) is 8.78. The Morgan fingerprint density at radius 3 is 2.32 bits per heavy atom. The molecule has 0 radical (unpaired) electrons. The first-order chi connectivity index (χ1) is 11.3. The van der Waals surface area contributed by atoms with E-state index >= 15 is 0 Å². The SMILES string of the molecule is COCC(C)(C)c1cc(C(C)(C)C)cc2c1P(=[Se])([Se]C)OCC2(C)C. The molecule has 1 aliphatic heterocycles. The molecule has 2 nitrogen and oxygen atoms in total. The average Bonchev–Trinajstić information content (AvgIpc) is 2.49. The molecule has 0 aromatic heterocycles. The molecule has 0 fully saturated rings. The molecule has 0 amide bonds. The summed E-state index contributed by atoms with van der Waals surface area (Å²) in [7, 11) is 1.80. The first-order valence-corrected chi connectivity index (χ1v) is 16.6. The minimum atomic E-state index is -1.66. The number of rotatable bonds is 4. The number of ether oxygens (including phenoxy) is 1. The average molecular weight is 494 g/mol. The number of hydrogen-bond donors (Lipinski definition) is 0. The van der Waals surface area contributed by atoms with E-state index in [1.165, 1.54) is 22.0 Å². The predicted molar refractivity (Wildman–Crippen MR) is 113 cm³/mol. The molecule has 0 saturated carbocycles. The first kappa shape index (κ1) is 21.9. The van der Waals surface area contributed by atoms with Crippen LogP contribution < -0.4 is 5.30 Å². The topological polar surface area (TPSA) is 18.5 Å². The van der Waals surface area contributed by atoms with Crippen LogP contribution in [0, 0.1) is 0 Å². The van der Waals surface area contributed by atoms with Crippen molar-refractivity contribution < 1.29 is 9.26 Å². The molecule has 2 rings (SSSR count). The molecular weight excluding hydrogens is 461 g/mol. The van der Waals surface area contributed by atoms with Gasteiger partial charge in [0.05, 0.1) is 0 Å². The van der Waals surface area contributed by atoms with Gasteiger partial charge in [0.15, 0.2) is 0 Å². The van der Waals surface area contributed by atoms with Crippen LogP contribution in [0.25, 0.3) is 0 Å². The summed E-state index contributed by atoms with van der Waals surface area (Å²) in [6.07, 6.45) is 0. The van der Waals surface area contributed by atoms with Gasteiger partial charge in [-0.25, -0.2) is 0 Å². The Bertz CT molecular complexity index is 702. The minimum absolute atomic E-state index is 0.0348. The van der Waals surface area contributed by atoms with Gasteiger partial charge < -0.3 is 0 Å². The maximum absolute atomic E-state index is 6.54. The Morgan fingerprint density at radius 1 is 1.24 bits per heavy atom. The maximum atomic E-state index is 6.54. The normalized spacial score (nSPS) is 23.4. The zero-order valence-electron chi connectivity index (χ0n) is 17.1. The zero-order valence-corrected chi connectivity index (χ0v) is 21.5. The summed E-state index contributed by atoms with van der Waals surface area (Å²) in [5.41, 5.74) is 4.43. The Kier molecular flexibility index (Phi) is 6.32. The number of fused-ring (bicyclic) bond motifs is 1. The fraction of sp³-hybridized carbons (Fsp3) is 0.700. The number of hydrogen-bond acceptors (Lipinski definition) is 2. The van der Waals surface area contributed by atoms with E-state index in [-0.39, 0.29) is 16.2 Å². The zero-order chi connectivity index (χ0) is 19.3. The van der Waals surface area contributed by atoms with Crippen LogP contribution in [0.1, 0.15) is 65.2 Å². The molecule has 1 aromatic carbocycles. The van der Waals surface area contributed by atoms with Crippen molar-refractivity contribution >= 4 is 39.3 Å². The quantitative estimate of drug-likeness (QED) is 0.453. The summed E-state index contributed by atoms with van der Waals surface area (Å²) in [6.45, 7) is 17.7. The van der Waals surface area contributed by atoms with Crippen molar-refractivity contribution in [1.82, 2.24) is 0 Å². The van der Waals surface area contributed by atoms with Gasteiger partial charge in [0, 0.05) is 0 Å². The monoisotopic (exact) mass is 496 g/mol. The predicted octanol–water partition coefficient (Wildman–Crippen LogP) is 4.52. The van der Waals surface area contributed by atoms with Crippen molar-refractivity contribution in [2.45, 2.75) is 70.5 Å². The number of methoxy groups -OCH3 is 1. The summed E-state index contributed by atoms with van der Waals surface area (Å²) in [5, 5.41) is 1.47. The van der Waals surface area contributed by atoms with E-state index in [4.69, 9.17) is 9.26 Å². The molecular formula is C20H33O2PSe2. The molecule has 0 aliphatic carbocycles. The van der Waals surface area contributed by atoms with Crippen molar-refractivity contribution in [3.63, 3.8) is 0 Å². The second-order valence-corrected chi connectivity index (χ2v) is 23.7. The number of benzene rings is 1. The van der Waals surface area contributed by atoms with Crippen LogP contribution in [0.15, 0.2) is 12.1 Å². The van der Waals surface area contributed by atoms with Gasteiger partial charge in [-0.3, -0.25) is 0 Å². The van der Waals surface area contributed by atoms with Gasteiger partial charge in [-0.05, 0) is 0 Å². The molecule has 1 atom stereocenters. The molecule has 25 heavy (non-hydrogen) atoms. The van der Waals surface area contributed by atoms with E-state index in [2.05, 4.69) is 81.5 Å². The van der Waals surface area contributed by atoms with Gasteiger partial charge in [-0.2, -0.15) is 0 Å². The summed E-state index contributed by atoms with van der Waals surface area (Å²) < 4.78 is 10.5. The van der Waals surface area contributed by atoms with Gasteiger partial charge in [0.2, 0.25) is 0 Å². The van der Waals surface area contributed by atoms with Crippen LogP contribution in [0.4, 0.5) is 0 Å². The standard InChI is InChI=1S/C20H33O2PSe2/c1-18(2,3)14-10-15(19(4,5)12-21-8)17-16(11-14)20(6,7)13-22-23(17,24)25-9/h10-11H,12-13H2,1-9H3. The molecule has 142 valence electrons. The molecule has 1 unspecified atom stereocenters. The van der Waals surface area contributed by atoms with Crippen LogP contribution in [-0.2, 0) is 25.5 Å². The molecule has 1 heterocycles. The van der Waals surface area contributed by atoms with Gasteiger partial charge in [0.1, 0.15) is 0 Å². The van der Waals surface area contributed by atoms with Crippen LogP contribution in [0.2, 0.25) is 5.82 Å². The third-order valence-corrected chi connectivity index (χ3v) is 18.6. The Morgan fingerprint density at radius 2 is 1.84 bits per heavy atom. The van der Waals surface area contributed by atoms with Crippen molar-refractivity contribution in [1.29, 1.82) is 0 Å². The van der Waals surface area contributed by atoms with E-state index < -0.39 is 4.43 Å². The molecule has 0 bridgehead atoms. The van der Waals surface area contributed by atoms with Crippen molar-refractivity contribution in [2.24, 2.45) is 0 Å². The fourth-order valence-corrected chi connectivity index (χ4v) is 10.6. The summed E-state index contributed by atoms with van der Waals surface area (Å²) in [4.78, 5) is 0. The Labute approximate surface area is 167 Å². The summed E-state index contributed by atoms with van der Waals surface area (Å²) in [5.74, 6) is 2.31. The van der Waals surface area contributed by atoms with E-state index in [0.717, 1.165) is 6.61 Å². The second kappa shape index (κ2) is 7.21. The molecule has 5 heteroatoms. The Balaban J connectivity index is 2.92. The van der Waals surface area contributed by atoms with Crippen molar-refractivity contribution in [3.8, 4) is 0 Å². The molecule has 0 spiro atoms. The Hall–Kier alpha value is 0.609. The third kappa shape index (κ3) is 4.22. The van der Waals surface area contributed by atoms with Gasteiger partial charge in [-0.1, -0.05) is 0 Å². The van der Waals surface area contributed by atoms with Gasteiger partial charge in [0.25, 0.3) is 0 Å². The van der Waals surface area contributed by atoms with E-state index in [9.17, 15) is 0 Å². The van der Waals surface area contributed by atoms with Crippen molar-refractivity contribution in [3.05, 3.63) is 28.8 Å². The second-order valence-electron chi connectivity index (χ2n) is 9.32. The van der Waals surface area contributed by atoms with E-state index in [0.29, 0.717) is 21.1 Å². The third-order valence-electron chi connectivity index (χ3n) is 5.05. The van der Waals surface area contributed by atoms with Crippen LogP contribution in [-0.4, -0.2) is 49.9 Å². The van der Waals surface area contributed by atoms with Crippen LogP contribution in [0.3, 0.4) is 0 Å². The molecule has 0 saturated heterocycles. The molecule has 1 aliphatic rings.